The second kappa shape index (κ2) is 5.87. The van der Waals surface area contributed by atoms with E-state index in [2.05, 4.69) is 10.3 Å². The van der Waals surface area contributed by atoms with Crippen LogP contribution in [0.2, 0.25) is 0 Å². The Balaban J connectivity index is 1.61. The summed E-state index contributed by atoms with van der Waals surface area (Å²) in [7, 11) is 0. The SMILES string of the molecule is Cc1oc(-c2ccccc2)nc1CN1C(=O)NC(C)(c2ccco2)C1=O. The normalized spacial score (nSPS) is 19.8. The van der Waals surface area contributed by atoms with Crippen molar-refractivity contribution in [3.63, 3.8) is 0 Å². The number of nitrogens with zero attached hydrogens (tertiary/aromatic N) is 2. The molecule has 0 aliphatic carbocycles. The molecule has 132 valence electrons. The van der Waals surface area contributed by atoms with Crippen LogP contribution in [0.15, 0.2) is 57.6 Å². The van der Waals surface area contributed by atoms with Crippen molar-refractivity contribution in [3.05, 3.63) is 65.9 Å². The Morgan fingerprint density at radius 2 is 1.92 bits per heavy atom. The summed E-state index contributed by atoms with van der Waals surface area (Å²) in [5, 5.41) is 2.70. The van der Waals surface area contributed by atoms with Gasteiger partial charge in [0.25, 0.3) is 5.91 Å². The van der Waals surface area contributed by atoms with E-state index in [1.165, 1.54) is 6.26 Å². The molecule has 1 fully saturated rings. The summed E-state index contributed by atoms with van der Waals surface area (Å²) in [4.78, 5) is 30.8. The van der Waals surface area contributed by atoms with Gasteiger partial charge in [0.15, 0.2) is 5.54 Å². The van der Waals surface area contributed by atoms with E-state index in [0.29, 0.717) is 23.1 Å². The van der Waals surface area contributed by atoms with Crippen molar-refractivity contribution in [1.82, 2.24) is 15.2 Å². The molecule has 4 rings (SSSR count). The molecule has 0 spiro atoms. The van der Waals surface area contributed by atoms with E-state index in [1.54, 1.807) is 26.0 Å². The molecule has 0 radical (unpaired) electrons. The summed E-state index contributed by atoms with van der Waals surface area (Å²) < 4.78 is 11.0. The number of carbonyl (C=O) groups is 2. The Kier molecular flexibility index (Phi) is 3.64. The number of hydrogen-bond acceptors (Lipinski definition) is 5. The minimum atomic E-state index is -1.22. The number of benzene rings is 1. The summed E-state index contributed by atoms with van der Waals surface area (Å²) in [6, 6.07) is 12.3. The van der Waals surface area contributed by atoms with Gasteiger partial charge in [0.1, 0.15) is 17.2 Å². The van der Waals surface area contributed by atoms with Crippen LogP contribution in [0.25, 0.3) is 11.5 Å². The summed E-state index contributed by atoms with van der Waals surface area (Å²) >= 11 is 0. The quantitative estimate of drug-likeness (QED) is 0.729. The lowest BCUT2D eigenvalue weighted by atomic mass is 9.99. The van der Waals surface area contributed by atoms with Crippen LogP contribution in [0.4, 0.5) is 4.79 Å². The van der Waals surface area contributed by atoms with Gasteiger partial charge in [-0.1, -0.05) is 18.2 Å². The zero-order valence-electron chi connectivity index (χ0n) is 14.4. The van der Waals surface area contributed by atoms with Gasteiger partial charge in [-0.2, -0.15) is 0 Å². The van der Waals surface area contributed by atoms with Gasteiger partial charge >= 0.3 is 6.03 Å². The van der Waals surface area contributed by atoms with Crippen LogP contribution in [0.5, 0.6) is 0 Å². The fourth-order valence-corrected chi connectivity index (χ4v) is 3.00. The maximum Gasteiger partial charge on any atom is 0.325 e. The number of amides is 3. The van der Waals surface area contributed by atoms with Crippen LogP contribution in [0.1, 0.15) is 24.1 Å². The van der Waals surface area contributed by atoms with E-state index in [1.807, 2.05) is 30.3 Å². The number of urea groups is 1. The number of aromatic nitrogens is 1. The van der Waals surface area contributed by atoms with Gasteiger partial charge in [-0.25, -0.2) is 9.78 Å². The van der Waals surface area contributed by atoms with E-state index in [9.17, 15) is 9.59 Å². The number of hydrogen-bond donors (Lipinski definition) is 1. The maximum atomic E-state index is 12.9. The van der Waals surface area contributed by atoms with Crippen molar-refractivity contribution in [2.75, 3.05) is 0 Å². The van der Waals surface area contributed by atoms with Gasteiger partial charge in [-0.3, -0.25) is 9.69 Å². The Bertz CT molecular complexity index is 962. The average Bonchev–Trinajstić information content (AvgIpc) is 3.34. The minimum Gasteiger partial charge on any atom is -0.466 e. The summed E-state index contributed by atoms with van der Waals surface area (Å²) in [5.74, 6) is 1.02. The molecule has 1 unspecified atom stereocenters. The number of aryl methyl sites for hydroxylation is 1. The molecule has 1 aliphatic rings. The molecule has 0 saturated carbocycles. The lowest BCUT2D eigenvalue weighted by Gasteiger charge is -2.18. The van der Waals surface area contributed by atoms with Gasteiger partial charge < -0.3 is 14.2 Å². The van der Waals surface area contributed by atoms with Crippen molar-refractivity contribution in [2.45, 2.75) is 25.9 Å². The van der Waals surface area contributed by atoms with Gasteiger partial charge in [-0.15, -0.1) is 0 Å². The zero-order valence-corrected chi connectivity index (χ0v) is 14.4. The van der Waals surface area contributed by atoms with Crippen LogP contribution in [0, 0.1) is 6.92 Å². The molecular weight excluding hydrogens is 334 g/mol. The molecule has 1 N–H and O–H groups in total. The van der Waals surface area contributed by atoms with Gasteiger partial charge in [-0.05, 0) is 38.1 Å². The highest BCUT2D eigenvalue weighted by Crippen LogP contribution is 2.31. The first-order valence-electron chi connectivity index (χ1n) is 8.19. The van der Waals surface area contributed by atoms with Crippen LogP contribution >= 0.6 is 0 Å². The summed E-state index contributed by atoms with van der Waals surface area (Å²) in [6.07, 6.45) is 1.47. The predicted molar refractivity (Wildman–Crippen MR) is 91.8 cm³/mol. The van der Waals surface area contributed by atoms with Gasteiger partial charge in [0, 0.05) is 5.56 Å². The van der Waals surface area contributed by atoms with Crippen LogP contribution in [-0.4, -0.2) is 21.8 Å². The topological polar surface area (TPSA) is 88.6 Å². The summed E-state index contributed by atoms with van der Waals surface area (Å²) in [6.45, 7) is 3.42. The Hall–Kier alpha value is -3.35. The predicted octanol–water partition coefficient (Wildman–Crippen LogP) is 3.21. The fourth-order valence-electron chi connectivity index (χ4n) is 3.00. The Labute approximate surface area is 149 Å². The van der Waals surface area contributed by atoms with E-state index in [4.69, 9.17) is 8.83 Å². The monoisotopic (exact) mass is 351 g/mol. The molecule has 1 saturated heterocycles. The van der Waals surface area contributed by atoms with E-state index in [-0.39, 0.29) is 12.5 Å². The third kappa shape index (κ3) is 2.48. The molecule has 1 atom stereocenters. The largest absolute Gasteiger partial charge is 0.466 e. The first kappa shape index (κ1) is 16.1. The molecule has 7 heteroatoms. The molecule has 1 aliphatic heterocycles. The molecule has 3 aromatic rings. The number of furan rings is 1. The smallest absolute Gasteiger partial charge is 0.325 e. The average molecular weight is 351 g/mol. The second-order valence-corrected chi connectivity index (χ2v) is 6.31. The van der Waals surface area contributed by atoms with Gasteiger partial charge in [0.2, 0.25) is 5.89 Å². The van der Waals surface area contributed by atoms with Crippen molar-refractivity contribution in [1.29, 1.82) is 0 Å². The fraction of sp³-hybridized carbons (Fsp3) is 0.211. The van der Waals surface area contributed by atoms with Crippen LogP contribution < -0.4 is 5.32 Å². The highest BCUT2D eigenvalue weighted by Gasteiger charge is 2.51. The molecule has 2 aromatic heterocycles. The Morgan fingerprint density at radius 1 is 1.15 bits per heavy atom. The lowest BCUT2D eigenvalue weighted by molar-refractivity contribution is -0.132. The van der Waals surface area contributed by atoms with Gasteiger partial charge in [0.05, 0.1) is 12.8 Å². The number of oxazole rings is 1. The number of rotatable bonds is 4. The molecule has 0 bridgehead atoms. The van der Waals surface area contributed by atoms with E-state index < -0.39 is 11.6 Å². The van der Waals surface area contributed by atoms with Crippen molar-refractivity contribution < 1.29 is 18.4 Å². The highest BCUT2D eigenvalue weighted by molar-refractivity contribution is 6.06. The van der Waals surface area contributed by atoms with E-state index in [0.717, 1.165) is 10.5 Å². The lowest BCUT2D eigenvalue weighted by Crippen LogP contribution is -2.40. The molecule has 3 heterocycles. The third-order valence-corrected chi connectivity index (χ3v) is 4.51. The first-order chi connectivity index (χ1) is 12.5. The number of nitrogens with one attached hydrogen (secondary N) is 1. The van der Waals surface area contributed by atoms with Crippen molar-refractivity contribution in [2.24, 2.45) is 0 Å². The highest BCUT2D eigenvalue weighted by atomic mass is 16.4. The standard InChI is InChI=1S/C19H17N3O4/c1-12-14(20-16(26-12)13-7-4-3-5-8-13)11-22-17(23)19(2,21-18(22)24)15-9-6-10-25-15/h3-10H,11H2,1-2H3,(H,21,24). The van der Waals surface area contributed by atoms with E-state index >= 15 is 0 Å². The molecular formula is C19H17N3O4. The van der Waals surface area contributed by atoms with Crippen molar-refractivity contribution in [3.8, 4) is 11.5 Å². The van der Waals surface area contributed by atoms with Crippen LogP contribution in [0.3, 0.4) is 0 Å². The number of imide groups is 1. The molecule has 3 amide bonds. The second-order valence-electron chi connectivity index (χ2n) is 6.31. The zero-order chi connectivity index (χ0) is 18.3. The Morgan fingerprint density at radius 3 is 2.62 bits per heavy atom. The minimum absolute atomic E-state index is 0.0309. The number of carbonyl (C=O) groups excluding carboxylic acids is 2. The third-order valence-electron chi connectivity index (χ3n) is 4.51. The van der Waals surface area contributed by atoms with Crippen molar-refractivity contribution >= 4 is 11.9 Å². The first-order valence-corrected chi connectivity index (χ1v) is 8.19. The molecule has 26 heavy (non-hydrogen) atoms. The van der Waals surface area contributed by atoms with Crippen LogP contribution in [-0.2, 0) is 16.9 Å². The maximum absolute atomic E-state index is 12.9. The molecule has 1 aromatic carbocycles. The molecule has 7 nitrogen and oxygen atoms in total. The summed E-state index contributed by atoms with van der Waals surface area (Å²) in [5.41, 5.74) is 0.149.